The molecule has 0 amide bonds. The molecule has 0 aliphatic carbocycles. The molecule has 0 aliphatic heterocycles. The number of rotatable bonds is 3. The third-order valence-corrected chi connectivity index (χ3v) is 13.9. The molecule has 1 heterocycles. The summed E-state index contributed by atoms with van der Waals surface area (Å²) in [4.78, 5) is 12.0. The number of fused-ring (bicyclic) bond motifs is 1. The molecule has 1 aromatic heterocycles. The van der Waals surface area contributed by atoms with Gasteiger partial charge in [0.1, 0.15) is 5.58 Å². The first kappa shape index (κ1) is 22.2. The predicted octanol–water partition coefficient (Wildman–Crippen LogP) is 4.93. The topological polar surface area (TPSA) is 50.4 Å². The molecule has 5 aromatic rings. The van der Waals surface area contributed by atoms with Crippen molar-refractivity contribution in [3.05, 3.63) is 125 Å². The summed E-state index contributed by atoms with van der Waals surface area (Å²) in [5.41, 5.74) is 0.743. The molecule has 0 aliphatic rings. The van der Waals surface area contributed by atoms with E-state index in [2.05, 4.69) is 48.5 Å². The zero-order chi connectivity index (χ0) is 22.3. The van der Waals surface area contributed by atoms with Gasteiger partial charge in [0.05, 0.1) is 5.39 Å². The molecule has 0 spiro atoms. The molecular formula is C27H21ClO3Sn. The van der Waals surface area contributed by atoms with Gasteiger partial charge in [0, 0.05) is 5.56 Å². The van der Waals surface area contributed by atoms with Crippen molar-refractivity contribution < 1.29 is 9.52 Å². The molecule has 0 bridgehead atoms. The molecule has 3 nitrogen and oxygen atoms in total. The number of benzene rings is 4. The van der Waals surface area contributed by atoms with Gasteiger partial charge in [0.2, 0.25) is 11.2 Å². The normalized spacial score (nSPS) is 10.6. The van der Waals surface area contributed by atoms with Gasteiger partial charge in [-0.25, -0.2) is 0 Å². The van der Waals surface area contributed by atoms with Crippen LogP contribution in [0.25, 0.3) is 22.3 Å². The first-order valence-corrected chi connectivity index (χ1v) is 17.7. The van der Waals surface area contributed by atoms with Gasteiger partial charge in [-0.05, 0) is 12.1 Å². The van der Waals surface area contributed by atoms with Crippen LogP contribution in [-0.2, 0) is 0 Å². The minimum atomic E-state index is -2.16. The molecular weight excluding hydrogens is 526 g/mol. The monoisotopic (exact) mass is 548 g/mol. The Bertz CT molecular complexity index is 1310. The van der Waals surface area contributed by atoms with Crippen LogP contribution in [0.3, 0.4) is 0 Å². The van der Waals surface area contributed by atoms with Crippen LogP contribution in [0.15, 0.2) is 124 Å². The average Bonchev–Trinajstić information content (AvgIpc) is 2.88. The van der Waals surface area contributed by atoms with Crippen molar-refractivity contribution in [3.63, 3.8) is 0 Å². The Hall–Kier alpha value is -3.02. The van der Waals surface area contributed by atoms with Crippen LogP contribution in [0.4, 0.5) is 0 Å². The van der Waals surface area contributed by atoms with Crippen molar-refractivity contribution in [1.82, 2.24) is 0 Å². The molecule has 0 saturated carbocycles. The second kappa shape index (κ2) is 10.5. The van der Waals surface area contributed by atoms with Crippen molar-refractivity contribution in [3.8, 4) is 17.1 Å². The quantitative estimate of drug-likeness (QED) is 0.326. The molecule has 0 fully saturated rings. The van der Waals surface area contributed by atoms with Crippen LogP contribution >= 0.6 is 8.92 Å². The van der Waals surface area contributed by atoms with Crippen molar-refractivity contribution in [2.24, 2.45) is 0 Å². The van der Waals surface area contributed by atoms with Gasteiger partial charge in [-0.2, -0.15) is 0 Å². The number of hydrogen-bond donors (Lipinski definition) is 1. The Morgan fingerprint density at radius 2 is 1.12 bits per heavy atom. The SMILES string of the molecule is O=c1c(O)c(-c2ccccc2)oc2ccccc12.[Cl][SnH]([c]1ccccc1)[c]1ccccc1. The van der Waals surface area contributed by atoms with Gasteiger partial charge in [-0.15, -0.1) is 0 Å². The van der Waals surface area contributed by atoms with Crippen molar-refractivity contribution >= 4 is 45.7 Å². The van der Waals surface area contributed by atoms with Gasteiger partial charge in [0.25, 0.3) is 0 Å². The van der Waals surface area contributed by atoms with E-state index >= 15 is 0 Å². The summed E-state index contributed by atoms with van der Waals surface area (Å²) in [5.74, 6) is -0.140. The van der Waals surface area contributed by atoms with Crippen LogP contribution in [0, 0.1) is 0 Å². The fraction of sp³-hybridized carbons (Fsp3) is 0. The Morgan fingerprint density at radius 3 is 1.69 bits per heavy atom. The second-order valence-corrected chi connectivity index (χ2v) is 16.0. The van der Waals surface area contributed by atoms with Gasteiger partial charge in [-0.1, -0.05) is 42.5 Å². The maximum atomic E-state index is 12.0. The maximum absolute atomic E-state index is 12.0. The van der Waals surface area contributed by atoms with Gasteiger partial charge >= 0.3 is 95.4 Å². The molecule has 4 aromatic carbocycles. The molecule has 0 atom stereocenters. The van der Waals surface area contributed by atoms with E-state index in [0.29, 0.717) is 16.5 Å². The van der Waals surface area contributed by atoms with E-state index in [9.17, 15) is 9.90 Å². The van der Waals surface area contributed by atoms with E-state index in [1.807, 2.05) is 30.3 Å². The van der Waals surface area contributed by atoms with Gasteiger partial charge < -0.3 is 9.52 Å². The molecule has 0 radical (unpaired) electrons. The number of para-hydroxylation sites is 1. The first-order valence-electron chi connectivity index (χ1n) is 10.2. The molecule has 5 rings (SSSR count). The summed E-state index contributed by atoms with van der Waals surface area (Å²) in [5, 5.41) is 10.3. The average molecular weight is 548 g/mol. The zero-order valence-corrected chi connectivity index (χ0v) is 21.2. The van der Waals surface area contributed by atoms with Crippen molar-refractivity contribution in [2.75, 3.05) is 0 Å². The van der Waals surface area contributed by atoms with E-state index in [1.54, 1.807) is 36.4 Å². The Kier molecular flexibility index (Phi) is 7.30. The fourth-order valence-corrected chi connectivity index (χ4v) is 9.60. The second-order valence-electron chi connectivity index (χ2n) is 7.16. The van der Waals surface area contributed by atoms with E-state index in [1.165, 1.54) is 7.16 Å². The van der Waals surface area contributed by atoms with Crippen molar-refractivity contribution in [2.45, 2.75) is 0 Å². The van der Waals surface area contributed by atoms with E-state index in [4.69, 9.17) is 13.3 Å². The molecule has 158 valence electrons. The Labute approximate surface area is 197 Å². The van der Waals surface area contributed by atoms with Gasteiger partial charge in [0.15, 0.2) is 5.76 Å². The third-order valence-electron chi connectivity index (χ3n) is 4.99. The Morgan fingerprint density at radius 1 is 0.656 bits per heavy atom. The molecule has 0 saturated heterocycles. The number of halogens is 1. The predicted molar refractivity (Wildman–Crippen MR) is 135 cm³/mol. The van der Waals surface area contributed by atoms with E-state index in [0.717, 1.165) is 0 Å². The third kappa shape index (κ3) is 5.06. The zero-order valence-electron chi connectivity index (χ0n) is 17.2. The summed E-state index contributed by atoms with van der Waals surface area (Å²) in [6, 6.07) is 36.8. The van der Waals surface area contributed by atoms with Crippen molar-refractivity contribution in [1.29, 1.82) is 0 Å². The minimum absolute atomic E-state index is 0.208. The summed E-state index contributed by atoms with van der Waals surface area (Å²) < 4.78 is 8.31. The Balaban J connectivity index is 0.000000158. The molecule has 1 N–H and O–H groups in total. The molecule has 0 unspecified atom stereocenters. The summed E-state index contributed by atoms with van der Waals surface area (Å²) in [6.45, 7) is 0. The molecule has 5 heteroatoms. The summed E-state index contributed by atoms with van der Waals surface area (Å²) in [6.07, 6.45) is 0. The number of aromatic hydroxyl groups is 1. The summed E-state index contributed by atoms with van der Waals surface area (Å²) >= 11 is -2.16. The molecule has 32 heavy (non-hydrogen) atoms. The van der Waals surface area contributed by atoms with E-state index < -0.39 is 24.1 Å². The number of hydrogen-bond acceptors (Lipinski definition) is 3. The first-order chi connectivity index (χ1) is 15.6. The van der Waals surface area contributed by atoms with E-state index in [-0.39, 0.29) is 11.5 Å². The standard InChI is InChI=1S/C15H10O3.2C6H5.ClH.Sn.H/c16-13-11-8-4-5-9-12(11)18-15(14(13)17)10-6-2-1-3-7-10;2*1-2-4-6-5-3-1;;;/h1-9,17H;2*1-5H;1H;;/q;;;;+1;/p-1. The van der Waals surface area contributed by atoms with Crippen LogP contribution in [0.1, 0.15) is 0 Å². The van der Waals surface area contributed by atoms with Crippen LogP contribution in [0.2, 0.25) is 0 Å². The van der Waals surface area contributed by atoms with Crippen LogP contribution < -0.4 is 12.6 Å². The van der Waals surface area contributed by atoms with Crippen LogP contribution in [-0.4, -0.2) is 23.7 Å². The van der Waals surface area contributed by atoms with Gasteiger partial charge in [-0.3, -0.25) is 4.79 Å². The fourth-order valence-electron chi connectivity index (χ4n) is 3.35. The van der Waals surface area contributed by atoms with Crippen LogP contribution in [0.5, 0.6) is 5.75 Å². The summed E-state index contributed by atoms with van der Waals surface area (Å²) in [7, 11) is 6.54.